The van der Waals surface area contributed by atoms with Crippen molar-refractivity contribution in [2.45, 2.75) is 264 Å². The summed E-state index contributed by atoms with van der Waals surface area (Å²) in [6, 6.07) is -0.645. The van der Waals surface area contributed by atoms with E-state index in [1.807, 2.05) is 6.08 Å². The molecule has 4 heteroatoms. The van der Waals surface area contributed by atoms with Gasteiger partial charge in [0.25, 0.3) is 0 Å². The lowest BCUT2D eigenvalue weighted by molar-refractivity contribution is -0.123. The first-order valence-electron chi connectivity index (χ1n) is 25.0. The molecule has 0 aliphatic heterocycles. The van der Waals surface area contributed by atoms with E-state index in [1.54, 1.807) is 6.08 Å². The minimum absolute atomic E-state index is 0.0789. The highest BCUT2D eigenvalue weighted by atomic mass is 16.3. The van der Waals surface area contributed by atoms with Gasteiger partial charge in [0.05, 0.1) is 18.8 Å². The molecule has 0 aliphatic carbocycles. The Labute approximate surface area is 356 Å². The van der Waals surface area contributed by atoms with Gasteiger partial charge >= 0.3 is 0 Å². The molecule has 0 aromatic rings. The summed E-state index contributed by atoms with van der Waals surface area (Å²) in [6.45, 7) is 4.25. The molecule has 0 fully saturated rings. The molecule has 1 amide bonds. The molecule has 0 aliphatic rings. The lowest BCUT2D eigenvalue weighted by Crippen LogP contribution is -2.45. The van der Waals surface area contributed by atoms with Crippen molar-refractivity contribution in [3.8, 4) is 0 Å². The maximum absolute atomic E-state index is 12.4. The number of hydrogen-bond acceptors (Lipinski definition) is 3. The smallest absolute Gasteiger partial charge is 0.220 e. The first-order valence-corrected chi connectivity index (χ1v) is 25.0. The minimum atomic E-state index is -0.869. The predicted molar refractivity (Wildman–Crippen MR) is 253 cm³/mol. The van der Waals surface area contributed by atoms with Crippen LogP contribution in [0.5, 0.6) is 0 Å². The molecule has 0 aromatic heterocycles. The summed E-state index contributed by atoms with van der Waals surface area (Å²) in [5.41, 5.74) is 0. The standard InChI is InChI=1S/C53H97NO3/c1-3-5-7-9-11-13-15-17-18-19-20-21-22-23-24-25-26-27-28-29-30-31-32-33-34-35-36-37-39-41-43-45-47-49-53(57)54-51(50-55)52(56)48-46-44-42-40-38-16-14-12-10-8-6-4-2/h10,12,20-21,23-24,38,40,46,48,51-52,55-56H,3-9,11,13-19,22,25-37,39,41-45,47,49-50H2,1-2H3,(H,54,57)/b12-10+,21-20-,24-23-,40-38+,48-46+. The van der Waals surface area contributed by atoms with Crippen LogP contribution in [0.4, 0.5) is 0 Å². The summed E-state index contributed by atoms with van der Waals surface area (Å²) >= 11 is 0. The van der Waals surface area contributed by atoms with Gasteiger partial charge in [0.15, 0.2) is 0 Å². The molecule has 0 heterocycles. The Morgan fingerprint density at radius 2 is 0.754 bits per heavy atom. The summed E-state index contributed by atoms with van der Waals surface area (Å²) in [5.74, 6) is -0.0789. The molecular formula is C53H97NO3. The van der Waals surface area contributed by atoms with Gasteiger partial charge in [0, 0.05) is 6.42 Å². The van der Waals surface area contributed by atoms with Crippen molar-refractivity contribution in [2.24, 2.45) is 0 Å². The van der Waals surface area contributed by atoms with Gasteiger partial charge in [-0.05, 0) is 70.6 Å². The summed E-state index contributed by atoms with van der Waals surface area (Å²) in [4.78, 5) is 12.4. The van der Waals surface area contributed by atoms with Crippen LogP contribution in [0.25, 0.3) is 0 Å². The zero-order chi connectivity index (χ0) is 41.4. The van der Waals surface area contributed by atoms with Crippen molar-refractivity contribution in [3.05, 3.63) is 60.8 Å². The Balaban J connectivity index is 3.47. The van der Waals surface area contributed by atoms with Gasteiger partial charge in [-0.1, -0.05) is 235 Å². The number of aliphatic hydroxyl groups excluding tert-OH is 2. The Morgan fingerprint density at radius 3 is 1.18 bits per heavy atom. The number of aliphatic hydroxyl groups is 2. The van der Waals surface area contributed by atoms with Crippen LogP contribution in [0.3, 0.4) is 0 Å². The first kappa shape index (κ1) is 55.1. The number of carbonyl (C=O) groups is 1. The van der Waals surface area contributed by atoms with Crippen LogP contribution in [0.15, 0.2) is 60.8 Å². The third kappa shape index (κ3) is 45.0. The van der Waals surface area contributed by atoms with E-state index in [0.29, 0.717) is 6.42 Å². The van der Waals surface area contributed by atoms with Crippen LogP contribution >= 0.6 is 0 Å². The number of rotatable bonds is 45. The van der Waals surface area contributed by atoms with E-state index in [1.165, 1.54) is 186 Å². The summed E-state index contributed by atoms with van der Waals surface area (Å²) in [7, 11) is 0. The molecule has 0 rings (SSSR count). The van der Waals surface area contributed by atoms with Gasteiger partial charge in [-0.3, -0.25) is 4.79 Å². The molecule has 2 atom stereocenters. The molecule has 0 saturated heterocycles. The van der Waals surface area contributed by atoms with Crippen molar-refractivity contribution in [3.63, 3.8) is 0 Å². The van der Waals surface area contributed by atoms with Crippen molar-refractivity contribution in [1.29, 1.82) is 0 Å². The van der Waals surface area contributed by atoms with E-state index in [2.05, 4.69) is 67.8 Å². The van der Waals surface area contributed by atoms with Gasteiger partial charge in [-0.25, -0.2) is 0 Å². The molecule has 0 saturated carbocycles. The number of nitrogens with one attached hydrogen (secondary N) is 1. The van der Waals surface area contributed by atoms with E-state index in [0.717, 1.165) is 44.9 Å². The lowest BCUT2D eigenvalue weighted by atomic mass is 10.0. The molecule has 2 unspecified atom stereocenters. The second kappa shape index (κ2) is 48.5. The number of allylic oxidation sites excluding steroid dienone is 9. The van der Waals surface area contributed by atoms with Gasteiger partial charge in [-0.2, -0.15) is 0 Å². The summed E-state index contributed by atoms with van der Waals surface area (Å²) < 4.78 is 0. The van der Waals surface area contributed by atoms with Gasteiger partial charge in [0.2, 0.25) is 5.91 Å². The van der Waals surface area contributed by atoms with E-state index in [9.17, 15) is 15.0 Å². The highest BCUT2D eigenvalue weighted by molar-refractivity contribution is 5.76. The van der Waals surface area contributed by atoms with Crippen molar-refractivity contribution in [1.82, 2.24) is 5.32 Å². The summed E-state index contributed by atoms with van der Waals surface area (Å²) in [6.07, 6.45) is 68.0. The normalized spacial score (nSPS) is 13.4. The zero-order valence-electron chi connectivity index (χ0n) is 38.1. The topological polar surface area (TPSA) is 69.6 Å². The van der Waals surface area contributed by atoms with Crippen LogP contribution < -0.4 is 5.32 Å². The van der Waals surface area contributed by atoms with Gasteiger partial charge < -0.3 is 15.5 Å². The Kier molecular flexibility index (Phi) is 46.8. The maximum Gasteiger partial charge on any atom is 0.220 e. The largest absolute Gasteiger partial charge is 0.394 e. The number of carbonyl (C=O) groups excluding carboxylic acids is 1. The van der Waals surface area contributed by atoms with Crippen LogP contribution in [0.2, 0.25) is 0 Å². The molecule has 0 spiro atoms. The Bertz CT molecular complexity index is 950. The molecule has 0 bridgehead atoms. The number of amides is 1. The Hall–Kier alpha value is -1.91. The maximum atomic E-state index is 12.4. The number of unbranched alkanes of at least 4 members (excludes halogenated alkanes) is 30. The number of hydrogen-bond donors (Lipinski definition) is 3. The molecule has 4 nitrogen and oxygen atoms in total. The van der Waals surface area contributed by atoms with E-state index < -0.39 is 12.1 Å². The molecule has 3 N–H and O–H groups in total. The van der Waals surface area contributed by atoms with Crippen LogP contribution in [0.1, 0.15) is 251 Å². The molecular weight excluding hydrogens is 699 g/mol. The fourth-order valence-corrected chi connectivity index (χ4v) is 7.34. The Morgan fingerprint density at radius 1 is 0.421 bits per heavy atom. The summed E-state index contributed by atoms with van der Waals surface area (Å²) in [5, 5.41) is 22.9. The highest BCUT2D eigenvalue weighted by Gasteiger charge is 2.17. The zero-order valence-corrected chi connectivity index (χ0v) is 38.1. The average molecular weight is 796 g/mol. The van der Waals surface area contributed by atoms with E-state index >= 15 is 0 Å². The molecule has 0 aromatic carbocycles. The second-order valence-corrected chi connectivity index (χ2v) is 16.9. The van der Waals surface area contributed by atoms with Gasteiger partial charge in [0.1, 0.15) is 0 Å². The van der Waals surface area contributed by atoms with Crippen LogP contribution in [-0.2, 0) is 4.79 Å². The third-order valence-electron chi connectivity index (χ3n) is 11.2. The second-order valence-electron chi connectivity index (χ2n) is 16.9. The first-order chi connectivity index (χ1) is 28.2. The van der Waals surface area contributed by atoms with Crippen LogP contribution in [0, 0.1) is 0 Å². The quantitative estimate of drug-likeness (QED) is 0.0425. The highest BCUT2D eigenvalue weighted by Crippen LogP contribution is 2.15. The molecule has 57 heavy (non-hydrogen) atoms. The van der Waals surface area contributed by atoms with Crippen molar-refractivity contribution >= 4 is 5.91 Å². The van der Waals surface area contributed by atoms with E-state index in [4.69, 9.17) is 0 Å². The lowest BCUT2D eigenvalue weighted by Gasteiger charge is -2.19. The van der Waals surface area contributed by atoms with Crippen molar-refractivity contribution < 1.29 is 15.0 Å². The average Bonchev–Trinajstić information content (AvgIpc) is 3.22. The fourth-order valence-electron chi connectivity index (χ4n) is 7.34. The van der Waals surface area contributed by atoms with Crippen molar-refractivity contribution in [2.75, 3.05) is 6.61 Å². The predicted octanol–water partition coefficient (Wildman–Crippen LogP) is 16.1. The van der Waals surface area contributed by atoms with Crippen LogP contribution in [-0.4, -0.2) is 34.9 Å². The molecule has 0 radical (unpaired) electrons. The van der Waals surface area contributed by atoms with E-state index in [-0.39, 0.29) is 12.5 Å². The minimum Gasteiger partial charge on any atom is -0.394 e. The monoisotopic (exact) mass is 796 g/mol. The SMILES string of the molecule is CCCC/C=C/CC/C=C/CC/C=C/C(O)C(CO)NC(=O)CCCCCCCCCCCCCCCCCCC/C=C\C/C=C\CCCCCCCCCCC. The third-order valence-corrected chi connectivity index (χ3v) is 11.2. The molecule has 332 valence electrons. The van der Waals surface area contributed by atoms with Gasteiger partial charge in [-0.15, -0.1) is 0 Å². The fraction of sp³-hybridized carbons (Fsp3) is 0.792.